The Bertz CT molecular complexity index is 451. The quantitative estimate of drug-likeness (QED) is 0.891. The summed E-state index contributed by atoms with van der Waals surface area (Å²) in [5.41, 5.74) is 3.17. The molecule has 0 spiro atoms. The van der Waals surface area contributed by atoms with Gasteiger partial charge in [-0.25, -0.2) is 0 Å². The minimum Gasteiger partial charge on any atom is -0.316 e. The molecule has 0 aliphatic carbocycles. The van der Waals surface area contributed by atoms with E-state index in [9.17, 15) is 0 Å². The third kappa shape index (κ3) is 4.06. The Kier molecular flexibility index (Phi) is 5.27. The average molecular weight is 339 g/mol. The molecule has 1 aromatic rings. The van der Waals surface area contributed by atoms with Crippen molar-refractivity contribution in [3.8, 4) is 0 Å². The van der Waals surface area contributed by atoms with Gasteiger partial charge in [0.2, 0.25) is 0 Å². The fourth-order valence-electron chi connectivity index (χ4n) is 2.96. The lowest BCUT2D eigenvalue weighted by atomic mass is 9.80. The standard InChI is InChI=1S/C17H27BrN2/c1-17(2,3)15-7-8-20(12-15)11-14-6-5-13(10-19-4)9-16(14)18/h5-6,9,15,19H,7-8,10-12H2,1-4H3. The van der Waals surface area contributed by atoms with Crippen molar-refractivity contribution in [3.05, 3.63) is 33.8 Å². The fourth-order valence-corrected chi connectivity index (χ4v) is 3.51. The highest BCUT2D eigenvalue weighted by Crippen LogP contribution is 2.34. The van der Waals surface area contributed by atoms with Crippen LogP contribution in [0, 0.1) is 11.3 Å². The van der Waals surface area contributed by atoms with Crippen molar-refractivity contribution in [2.24, 2.45) is 11.3 Å². The number of rotatable bonds is 4. The fraction of sp³-hybridized carbons (Fsp3) is 0.647. The van der Waals surface area contributed by atoms with E-state index in [-0.39, 0.29) is 0 Å². The molecule has 1 aliphatic heterocycles. The summed E-state index contributed by atoms with van der Waals surface area (Å²) in [7, 11) is 1.98. The summed E-state index contributed by atoms with van der Waals surface area (Å²) in [6, 6.07) is 6.73. The van der Waals surface area contributed by atoms with E-state index < -0.39 is 0 Å². The molecule has 0 saturated carbocycles. The largest absolute Gasteiger partial charge is 0.316 e. The molecule has 2 rings (SSSR count). The molecule has 3 heteroatoms. The lowest BCUT2D eigenvalue weighted by Gasteiger charge is -2.27. The van der Waals surface area contributed by atoms with E-state index >= 15 is 0 Å². The zero-order chi connectivity index (χ0) is 14.8. The summed E-state index contributed by atoms with van der Waals surface area (Å²) >= 11 is 3.72. The summed E-state index contributed by atoms with van der Waals surface area (Å²) < 4.78 is 1.24. The van der Waals surface area contributed by atoms with Crippen LogP contribution in [0.4, 0.5) is 0 Å². The topological polar surface area (TPSA) is 15.3 Å². The molecule has 1 fully saturated rings. The number of hydrogen-bond donors (Lipinski definition) is 1. The van der Waals surface area contributed by atoms with E-state index in [4.69, 9.17) is 0 Å². The van der Waals surface area contributed by atoms with Gasteiger partial charge in [-0.05, 0) is 48.5 Å². The highest BCUT2D eigenvalue weighted by Gasteiger charge is 2.31. The summed E-state index contributed by atoms with van der Waals surface area (Å²) in [5.74, 6) is 0.824. The zero-order valence-electron chi connectivity index (χ0n) is 13.2. The van der Waals surface area contributed by atoms with E-state index in [0.717, 1.165) is 19.0 Å². The first-order valence-electron chi connectivity index (χ1n) is 7.54. The Labute approximate surface area is 132 Å². The number of halogens is 1. The zero-order valence-corrected chi connectivity index (χ0v) is 14.8. The van der Waals surface area contributed by atoms with Crippen molar-refractivity contribution >= 4 is 15.9 Å². The molecule has 1 saturated heterocycles. The molecule has 0 bridgehead atoms. The number of likely N-dealkylation sites (tertiary alicyclic amines) is 1. The van der Waals surface area contributed by atoms with E-state index in [2.05, 4.69) is 65.1 Å². The molecule has 1 unspecified atom stereocenters. The molecule has 20 heavy (non-hydrogen) atoms. The SMILES string of the molecule is CNCc1ccc(CN2CCC(C(C)(C)C)C2)c(Br)c1. The summed E-state index contributed by atoms with van der Waals surface area (Å²) in [6.07, 6.45) is 1.33. The van der Waals surface area contributed by atoms with Crippen LogP contribution in [0.25, 0.3) is 0 Å². The lowest BCUT2D eigenvalue weighted by molar-refractivity contribution is 0.226. The predicted molar refractivity (Wildman–Crippen MR) is 89.7 cm³/mol. The van der Waals surface area contributed by atoms with Crippen LogP contribution in [0.1, 0.15) is 38.3 Å². The first-order chi connectivity index (χ1) is 9.40. The smallest absolute Gasteiger partial charge is 0.0245 e. The summed E-state index contributed by atoms with van der Waals surface area (Å²) in [4.78, 5) is 2.59. The Morgan fingerprint density at radius 2 is 2.10 bits per heavy atom. The molecule has 1 aliphatic rings. The first kappa shape index (κ1) is 16.0. The Morgan fingerprint density at radius 3 is 2.65 bits per heavy atom. The van der Waals surface area contributed by atoms with Crippen molar-refractivity contribution < 1.29 is 0 Å². The molecule has 1 atom stereocenters. The minimum absolute atomic E-state index is 0.433. The van der Waals surface area contributed by atoms with Crippen LogP contribution in [0.3, 0.4) is 0 Å². The van der Waals surface area contributed by atoms with Crippen LogP contribution >= 0.6 is 15.9 Å². The van der Waals surface area contributed by atoms with Crippen molar-refractivity contribution in [1.29, 1.82) is 0 Å². The maximum absolute atomic E-state index is 3.72. The van der Waals surface area contributed by atoms with Crippen LogP contribution in [0.2, 0.25) is 0 Å². The Morgan fingerprint density at radius 1 is 1.35 bits per heavy atom. The second-order valence-electron chi connectivity index (χ2n) is 7.04. The summed E-state index contributed by atoms with van der Waals surface area (Å²) in [5, 5.41) is 3.19. The van der Waals surface area contributed by atoms with Crippen LogP contribution < -0.4 is 5.32 Å². The third-order valence-corrected chi connectivity index (χ3v) is 5.13. The van der Waals surface area contributed by atoms with Gasteiger partial charge in [-0.15, -0.1) is 0 Å². The van der Waals surface area contributed by atoms with Gasteiger partial charge < -0.3 is 5.32 Å². The van der Waals surface area contributed by atoms with Crippen LogP contribution in [0.15, 0.2) is 22.7 Å². The second kappa shape index (κ2) is 6.59. The van der Waals surface area contributed by atoms with Crippen LogP contribution in [0.5, 0.6) is 0 Å². The molecule has 1 heterocycles. The van der Waals surface area contributed by atoms with Crippen LogP contribution in [-0.2, 0) is 13.1 Å². The van der Waals surface area contributed by atoms with Gasteiger partial charge in [-0.2, -0.15) is 0 Å². The molecular formula is C17H27BrN2. The number of nitrogens with zero attached hydrogens (tertiary/aromatic N) is 1. The van der Waals surface area contributed by atoms with E-state index in [1.807, 2.05) is 7.05 Å². The molecule has 0 radical (unpaired) electrons. The van der Waals surface area contributed by atoms with Crippen LogP contribution in [-0.4, -0.2) is 25.0 Å². The van der Waals surface area contributed by atoms with E-state index in [1.54, 1.807) is 0 Å². The summed E-state index contributed by atoms with van der Waals surface area (Å²) in [6.45, 7) is 11.5. The van der Waals surface area contributed by atoms with Gasteiger partial charge >= 0.3 is 0 Å². The maximum atomic E-state index is 3.72. The molecule has 112 valence electrons. The van der Waals surface area contributed by atoms with Gasteiger partial charge in [-0.3, -0.25) is 4.90 Å². The molecule has 1 aromatic carbocycles. The van der Waals surface area contributed by atoms with E-state index in [0.29, 0.717) is 5.41 Å². The lowest BCUT2D eigenvalue weighted by Crippen LogP contribution is -2.25. The molecule has 0 aromatic heterocycles. The van der Waals surface area contributed by atoms with Crippen molar-refractivity contribution in [2.45, 2.75) is 40.3 Å². The van der Waals surface area contributed by atoms with Crippen molar-refractivity contribution in [2.75, 3.05) is 20.1 Å². The van der Waals surface area contributed by atoms with Crippen molar-refractivity contribution in [3.63, 3.8) is 0 Å². The Hall–Kier alpha value is -0.380. The van der Waals surface area contributed by atoms with Gasteiger partial charge in [0, 0.05) is 24.1 Å². The minimum atomic E-state index is 0.433. The number of benzene rings is 1. The second-order valence-corrected chi connectivity index (χ2v) is 7.90. The highest BCUT2D eigenvalue weighted by atomic mass is 79.9. The Balaban J connectivity index is 1.98. The van der Waals surface area contributed by atoms with E-state index in [1.165, 1.54) is 35.1 Å². The number of hydrogen-bond acceptors (Lipinski definition) is 2. The molecule has 2 nitrogen and oxygen atoms in total. The third-order valence-electron chi connectivity index (χ3n) is 4.39. The van der Waals surface area contributed by atoms with Gasteiger partial charge in [0.1, 0.15) is 0 Å². The van der Waals surface area contributed by atoms with Gasteiger partial charge in [0.15, 0.2) is 0 Å². The maximum Gasteiger partial charge on any atom is 0.0245 e. The highest BCUT2D eigenvalue weighted by molar-refractivity contribution is 9.10. The van der Waals surface area contributed by atoms with Gasteiger partial charge in [-0.1, -0.05) is 48.8 Å². The normalized spacial score (nSPS) is 20.6. The first-order valence-corrected chi connectivity index (χ1v) is 8.33. The van der Waals surface area contributed by atoms with Gasteiger partial charge in [0.05, 0.1) is 0 Å². The molecular weight excluding hydrogens is 312 g/mol. The average Bonchev–Trinajstić information content (AvgIpc) is 2.81. The predicted octanol–water partition coefficient (Wildman–Crippen LogP) is 4.04. The monoisotopic (exact) mass is 338 g/mol. The van der Waals surface area contributed by atoms with Crippen molar-refractivity contribution in [1.82, 2.24) is 10.2 Å². The molecule has 1 N–H and O–H groups in total. The molecule has 0 amide bonds. The van der Waals surface area contributed by atoms with Gasteiger partial charge in [0.25, 0.3) is 0 Å². The number of nitrogens with one attached hydrogen (secondary N) is 1.